The summed E-state index contributed by atoms with van der Waals surface area (Å²) in [5.41, 5.74) is 0. The van der Waals surface area contributed by atoms with Gasteiger partial charge in [-0.15, -0.1) is 0 Å². The third-order valence-electron chi connectivity index (χ3n) is 1.86. The van der Waals surface area contributed by atoms with Crippen LogP contribution in [0.3, 0.4) is 0 Å². The predicted molar refractivity (Wildman–Crippen MR) is 56.3 cm³/mol. The molecule has 0 aliphatic carbocycles. The van der Waals surface area contributed by atoms with Gasteiger partial charge in [0.15, 0.2) is 23.3 Å². The fourth-order valence-corrected chi connectivity index (χ4v) is 1.02. The molecule has 0 aliphatic rings. The molecule has 0 saturated carbocycles. The molecule has 5 nitrogen and oxygen atoms in total. The molecule has 0 fully saturated rings. The number of anilines is 2. The SMILES string of the molecule is CNC(=O)CNc1nc(NC)c(F)cc1F. The van der Waals surface area contributed by atoms with E-state index in [4.69, 9.17) is 0 Å². The minimum atomic E-state index is -0.847. The number of rotatable bonds is 4. The van der Waals surface area contributed by atoms with E-state index in [1.54, 1.807) is 0 Å². The number of carbonyl (C=O) groups is 1. The average molecular weight is 230 g/mol. The lowest BCUT2D eigenvalue weighted by molar-refractivity contribution is -0.118. The van der Waals surface area contributed by atoms with Crippen molar-refractivity contribution in [2.24, 2.45) is 0 Å². The van der Waals surface area contributed by atoms with Crippen molar-refractivity contribution >= 4 is 17.5 Å². The lowest BCUT2D eigenvalue weighted by Gasteiger charge is -2.08. The van der Waals surface area contributed by atoms with E-state index in [2.05, 4.69) is 20.9 Å². The standard InChI is InChI=1S/C9H12F2N4O/c1-12-7(16)4-14-9-6(11)3-5(10)8(13-2)15-9/h3H,4H2,1-2H3,(H,12,16)(H2,13,14,15). The number of carbonyl (C=O) groups excluding carboxylic acids is 1. The third kappa shape index (κ3) is 2.78. The quantitative estimate of drug-likeness (QED) is 0.707. The molecule has 88 valence electrons. The van der Waals surface area contributed by atoms with Crippen LogP contribution in [0.15, 0.2) is 6.07 Å². The van der Waals surface area contributed by atoms with E-state index in [1.807, 2.05) is 0 Å². The molecular formula is C9H12F2N4O. The van der Waals surface area contributed by atoms with Gasteiger partial charge in [-0.25, -0.2) is 13.8 Å². The number of halogens is 2. The van der Waals surface area contributed by atoms with Gasteiger partial charge in [0.05, 0.1) is 6.54 Å². The summed E-state index contributed by atoms with van der Waals surface area (Å²) >= 11 is 0. The Hall–Kier alpha value is -1.92. The Kier molecular flexibility index (Phi) is 3.98. The Morgan fingerprint density at radius 3 is 2.50 bits per heavy atom. The van der Waals surface area contributed by atoms with Crippen LogP contribution in [0.4, 0.5) is 20.4 Å². The zero-order valence-electron chi connectivity index (χ0n) is 8.90. The minimum Gasteiger partial charge on any atom is -0.371 e. The molecule has 1 heterocycles. The van der Waals surface area contributed by atoms with Crippen molar-refractivity contribution in [1.82, 2.24) is 10.3 Å². The van der Waals surface area contributed by atoms with E-state index in [0.29, 0.717) is 6.07 Å². The molecule has 7 heteroatoms. The maximum absolute atomic E-state index is 13.2. The second kappa shape index (κ2) is 5.24. The van der Waals surface area contributed by atoms with Gasteiger partial charge in [-0.05, 0) is 0 Å². The molecule has 0 saturated heterocycles. The van der Waals surface area contributed by atoms with Gasteiger partial charge < -0.3 is 16.0 Å². The molecule has 0 bridgehead atoms. The van der Waals surface area contributed by atoms with Crippen LogP contribution >= 0.6 is 0 Å². The van der Waals surface area contributed by atoms with E-state index < -0.39 is 11.6 Å². The fourth-order valence-electron chi connectivity index (χ4n) is 1.02. The number of likely N-dealkylation sites (N-methyl/N-ethyl adjacent to an activating group) is 1. The molecule has 1 aromatic rings. The Labute approximate surface area is 91.3 Å². The van der Waals surface area contributed by atoms with Gasteiger partial charge in [0.25, 0.3) is 0 Å². The maximum Gasteiger partial charge on any atom is 0.239 e. The summed E-state index contributed by atoms with van der Waals surface area (Å²) in [5, 5.41) is 7.29. The molecule has 0 aliphatic heterocycles. The van der Waals surface area contributed by atoms with Crippen LogP contribution in [0.2, 0.25) is 0 Å². The number of aromatic nitrogens is 1. The Morgan fingerprint density at radius 1 is 1.31 bits per heavy atom. The highest BCUT2D eigenvalue weighted by Crippen LogP contribution is 2.18. The van der Waals surface area contributed by atoms with E-state index in [0.717, 1.165) is 0 Å². The summed E-state index contributed by atoms with van der Waals surface area (Å²) in [7, 11) is 2.92. The van der Waals surface area contributed by atoms with Crippen LogP contribution in [0, 0.1) is 11.6 Å². The molecule has 0 atom stereocenters. The molecule has 3 N–H and O–H groups in total. The van der Waals surface area contributed by atoms with Crippen LogP contribution in [-0.4, -0.2) is 31.5 Å². The highest BCUT2D eigenvalue weighted by Gasteiger charge is 2.11. The summed E-state index contributed by atoms with van der Waals surface area (Å²) in [6.07, 6.45) is 0. The molecule has 1 rings (SSSR count). The van der Waals surface area contributed by atoms with E-state index >= 15 is 0 Å². The predicted octanol–water partition coefficient (Wildman–Crippen LogP) is 0.559. The van der Waals surface area contributed by atoms with Crippen LogP contribution in [0.5, 0.6) is 0 Å². The van der Waals surface area contributed by atoms with Crippen molar-refractivity contribution in [2.75, 3.05) is 31.3 Å². The van der Waals surface area contributed by atoms with E-state index in [1.165, 1.54) is 14.1 Å². The highest BCUT2D eigenvalue weighted by molar-refractivity contribution is 5.80. The Morgan fingerprint density at radius 2 is 1.94 bits per heavy atom. The summed E-state index contributed by atoms with van der Waals surface area (Å²) in [5.74, 6) is -2.21. The normalized spacial score (nSPS) is 9.75. The Bertz CT molecular complexity index is 397. The molecule has 1 amide bonds. The molecule has 0 radical (unpaired) electrons. The molecule has 16 heavy (non-hydrogen) atoms. The largest absolute Gasteiger partial charge is 0.371 e. The first-order chi connectivity index (χ1) is 7.58. The van der Waals surface area contributed by atoms with Gasteiger partial charge in [-0.2, -0.15) is 0 Å². The van der Waals surface area contributed by atoms with Crippen molar-refractivity contribution in [3.05, 3.63) is 17.7 Å². The maximum atomic E-state index is 13.2. The van der Waals surface area contributed by atoms with Crippen LogP contribution in [0.25, 0.3) is 0 Å². The van der Waals surface area contributed by atoms with Gasteiger partial charge in [-0.1, -0.05) is 0 Å². The Balaban J connectivity index is 2.83. The zero-order chi connectivity index (χ0) is 12.1. The molecular weight excluding hydrogens is 218 g/mol. The van der Waals surface area contributed by atoms with Crippen molar-refractivity contribution in [3.8, 4) is 0 Å². The summed E-state index contributed by atoms with van der Waals surface area (Å²) in [6.45, 7) is -0.130. The van der Waals surface area contributed by atoms with Gasteiger partial charge >= 0.3 is 0 Å². The second-order valence-electron chi connectivity index (χ2n) is 2.93. The monoisotopic (exact) mass is 230 g/mol. The van der Waals surface area contributed by atoms with Gasteiger partial charge in [0.1, 0.15) is 0 Å². The van der Waals surface area contributed by atoms with Gasteiger partial charge in [0, 0.05) is 20.2 Å². The second-order valence-corrected chi connectivity index (χ2v) is 2.93. The van der Waals surface area contributed by atoms with Crippen LogP contribution in [0.1, 0.15) is 0 Å². The van der Waals surface area contributed by atoms with Crippen LogP contribution < -0.4 is 16.0 Å². The molecule has 0 unspecified atom stereocenters. The lowest BCUT2D eigenvalue weighted by atomic mass is 10.4. The van der Waals surface area contributed by atoms with E-state index in [-0.39, 0.29) is 24.1 Å². The van der Waals surface area contributed by atoms with Gasteiger partial charge in [-0.3, -0.25) is 4.79 Å². The minimum absolute atomic E-state index is 0.0826. The first kappa shape index (κ1) is 12.2. The smallest absolute Gasteiger partial charge is 0.239 e. The third-order valence-corrected chi connectivity index (χ3v) is 1.86. The van der Waals surface area contributed by atoms with Crippen molar-refractivity contribution in [1.29, 1.82) is 0 Å². The summed E-state index contributed by atoms with van der Waals surface area (Å²) < 4.78 is 26.2. The first-order valence-corrected chi connectivity index (χ1v) is 4.56. The zero-order valence-corrected chi connectivity index (χ0v) is 8.90. The van der Waals surface area contributed by atoms with Crippen molar-refractivity contribution in [3.63, 3.8) is 0 Å². The summed E-state index contributed by atoms with van der Waals surface area (Å²) in [6, 6.07) is 0.699. The fraction of sp³-hybridized carbons (Fsp3) is 0.333. The summed E-state index contributed by atoms with van der Waals surface area (Å²) in [4.78, 5) is 14.5. The number of nitrogens with zero attached hydrogens (tertiary/aromatic N) is 1. The number of pyridine rings is 1. The molecule has 1 aromatic heterocycles. The first-order valence-electron chi connectivity index (χ1n) is 4.56. The van der Waals surface area contributed by atoms with Crippen molar-refractivity contribution < 1.29 is 13.6 Å². The van der Waals surface area contributed by atoms with Gasteiger partial charge in [0.2, 0.25) is 5.91 Å². The van der Waals surface area contributed by atoms with Crippen LogP contribution in [-0.2, 0) is 4.79 Å². The average Bonchev–Trinajstić information content (AvgIpc) is 2.27. The number of amides is 1. The topological polar surface area (TPSA) is 66.0 Å². The number of hydrogen-bond acceptors (Lipinski definition) is 4. The molecule has 0 spiro atoms. The van der Waals surface area contributed by atoms with E-state index in [9.17, 15) is 13.6 Å². The lowest BCUT2D eigenvalue weighted by Crippen LogP contribution is -2.26. The molecule has 0 aromatic carbocycles. The van der Waals surface area contributed by atoms with Crippen molar-refractivity contribution in [2.45, 2.75) is 0 Å². The number of nitrogens with one attached hydrogen (secondary N) is 3. The number of hydrogen-bond donors (Lipinski definition) is 3. The highest BCUT2D eigenvalue weighted by atomic mass is 19.1.